The topological polar surface area (TPSA) is 78.5 Å². The largest absolute Gasteiger partial charge is 0.549 e. The van der Waals surface area contributed by atoms with Gasteiger partial charge in [0.15, 0.2) is 0 Å². The van der Waals surface area contributed by atoms with Crippen molar-refractivity contribution in [2.45, 2.75) is 45.4 Å². The summed E-state index contributed by atoms with van der Waals surface area (Å²) in [6.07, 6.45) is 3.19. The lowest BCUT2D eigenvalue weighted by molar-refractivity contribution is -0.308. The van der Waals surface area contributed by atoms with E-state index < -0.39 is 11.9 Å². The Hall–Kier alpha value is -2.04. The number of amides is 1. The zero-order chi connectivity index (χ0) is 17.2. The molecular weight excluding hydrogens is 294 g/mol. The number of hydrogen-bond acceptors (Lipinski definition) is 4. The van der Waals surface area contributed by atoms with Gasteiger partial charge in [-0.2, -0.15) is 0 Å². The smallest absolute Gasteiger partial charge is 0.220 e. The number of carbonyl (C=O) groups excluding carboxylic acids is 2. The van der Waals surface area contributed by atoms with Crippen LogP contribution in [0.15, 0.2) is 24.3 Å². The zero-order valence-corrected chi connectivity index (χ0v) is 14.1. The highest BCUT2D eigenvalue weighted by Crippen LogP contribution is 2.22. The number of nitrogens with one attached hydrogen (secondary N) is 1. The lowest BCUT2D eigenvalue weighted by atomic mass is 9.95. The maximum atomic E-state index is 11.4. The third-order valence-corrected chi connectivity index (χ3v) is 3.68. The van der Waals surface area contributed by atoms with Crippen molar-refractivity contribution in [1.82, 2.24) is 5.32 Å². The highest BCUT2D eigenvalue weighted by molar-refractivity contribution is 5.84. The van der Waals surface area contributed by atoms with Gasteiger partial charge in [0.25, 0.3) is 0 Å². The second kappa shape index (κ2) is 9.87. The SMILES string of the molecule is CNC(=O)C[C@H](C(=O)[O-])c1ccc(OCCCCC(C)C)cc1. The molecule has 0 aliphatic heterocycles. The number of hydrogen-bond donors (Lipinski definition) is 1. The van der Waals surface area contributed by atoms with Crippen molar-refractivity contribution >= 4 is 11.9 Å². The number of carboxylic acids is 1. The van der Waals surface area contributed by atoms with Gasteiger partial charge < -0.3 is 20.0 Å². The van der Waals surface area contributed by atoms with Crippen LogP contribution in [-0.2, 0) is 9.59 Å². The highest BCUT2D eigenvalue weighted by Gasteiger charge is 2.16. The molecule has 5 nitrogen and oxygen atoms in total. The second-order valence-corrected chi connectivity index (χ2v) is 6.06. The summed E-state index contributed by atoms with van der Waals surface area (Å²) < 4.78 is 5.64. The number of carboxylic acid groups (broad SMARTS) is 1. The van der Waals surface area contributed by atoms with Crippen molar-refractivity contribution in [1.29, 1.82) is 0 Å². The van der Waals surface area contributed by atoms with E-state index in [-0.39, 0.29) is 12.3 Å². The Balaban J connectivity index is 2.53. The summed E-state index contributed by atoms with van der Waals surface area (Å²) in [6, 6.07) is 6.81. The normalized spacial score (nSPS) is 12.0. The van der Waals surface area contributed by atoms with Crippen LogP contribution in [0.1, 0.15) is 51.0 Å². The minimum atomic E-state index is -1.25. The minimum Gasteiger partial charge on any atom is -0.549 e. The number of rotatable bonds is 10. The van der Waals surface area contributed by atoms with Crippen molar-refractivity contribution in [3.05, 3.63) is 29.8 Å². The van der Waals surface area contributed by atoms with Gasteiger partial charge in [0.2, 0.25) is 5.91 Å². The molecule has 0 aromatic heterocycles. The Kier molecular flexibility index (Phi) is 8.16. The van der Waals surface area contributed by atoms with Gasteiger partial charge in [-0.3, -0.25) is 4.79 Å². The Morgan fingerprint density at radius 2 is 1.83 bits per heavy atom. The first-order valence-corrected chi connectivity index (χ1v) is 8.08. The van der Waals surface area contributed by atoms with E-state index in [4.69, 9.17) is 4.74 Å². The van der Waals surface area contributed by atoms with Crippen LogP contribution in [0, 0.1) is 5.92 Å². The first-order chi connectivity index (χ1) is 10.9. The molecule has 0 fully saturated rings. The van der Waals surface area contributed by atoms with Crippen molar-refractivity contribution in [2.75, 3.05) is 13.7 Å². The van der Waals surface area contributed by atoms with Gasteiger partial charge >= 0.3 is 0 Å². The highest BCUT2D eigenvalue weighted by atomic mass is 16.5. The van der Waals surface area contributed by atoms with E-state index in [1.165, 1.54) is 13.5 Å². The summed E-state index contributed by atoms with van der Waals surface area (Å²) in [5.74, 6) is -1.12. The summed E-state index contributed by atoms with van der Waals surface area (Å²) in [5, 5.41) is 13.6. The number of unbranched alkanes of at least 4 members (excludes halogenated alkanes) is 1. The number of aliphatic carboxylic acids is 1. The first kappa shape index (κ1) is 19.0. The van der Waals surface area contributed by atoms with Gasteiger partial charge in [0.05, 0.1) is 6.61 Å². The van der Waals surface area contributed by atoms with E-state index in [1.807, 2.05) is 0 Å². The molecule has 0 heterocycles. The summed E-state index contributed by atoms with van der Waals surface area (Å²) in [5.41, 5.74) is 0.542. The molecule has 128 valence electrons. The fourth-order valence-corrected chi connectivity index (χ4v) is 2.27. The Labute approximate surface area is 138 Å². The standard InChI is InChI=1S/C18H27NO4/c1-13(2)6-4-5-11-23-15-9-7-14(8-10-15)16(18(21)22)12-17(20)19-3/h7-10,13,16H,4-6,11-12H2,1-3H3,(H,19,20)(H,21,22)/p-1/t16-/m0/s1. The molecule has 5 heteroatoms. The number of carbonyl (C=O) groups is 2. The van der Waals surface area contributed by atoms with Gasteiger partial charge in [0, 0.05) is 25.4 Å². The summed E-state index contributed by atoms with van der Waals surface area (Å²) >= 11 is 0. The van der Waals surface area contributed by atoms with Gasteiger partial charge in [-0.25, -0.2) is 0 Å². The molecular formula is C18H26NO4-. The van der Waals surface area contributed by atoms with E-state index >= 15 is 0 Å². The molecule has 0 bridgehead atoms. The van der Waals surface area contributed by atoms with Crippen LogP contribution in [0.4, 0.5) is 0 Å². The van der Waals surface area contributed by atoms with Crippen LogP contribution in [0.5, 0.6) is 5.75 Å². The van der Waals surface area contributed by atoms with Crippen molar-refractivity contribution in [3.8, 4) is 5.75 Å². The third-order valence-electron chi connectivity index (χ3n) is 3.68. The molecule has 1 aromatic rings. The van der Waals surface area contributed by atoms with Crippen LogP contribution in [0.2, 0.25) is 0 Å². The van der Waals surface area contributed by atoms with Crippen molar-refractivity contribution < 1.29 is 19.4 Å². The molecule has 23 heavy (non-hydrogen) atoms. The molecule has 0 unspecified atom stereocenters. The van der Waals surface area contributed by atoms with Crippen LogP contribution in [0.25, 0.3) is 0 Å². The summed E-state index contributed by atoms with van der Waals surface area (Å²) in [6.45, 7) is 5.05. The molecule has 1 amide bonds. The first-order valence-electron chi connectivity index (χ1n) is 8.08. The predicted octanol–water partition coefficient (Wildman–Crippen LogP) is 1.86. The van der Waals surface area contributed by atoms with Crippen LogP contribution in [0.3, 0.4) is 0 Å². The Bertz CT molecular complexity index is 496. The third kappa shape index (κ3) is 7.17. The molecule has 0 aliphatic carbocycles. The monoisotopic (exact) mass is 320 g/mol. The molecule has 0 spiro atoms. The summed E-state index contributed by atoms with van der Waals surface area (Å²) in [4.78, 5) is 22.6. The van der Waals surface area contributed by atoms with E-state index in [1.54, 1.807) is 24.3 Å². The number of benzene rings is 1. The number of ether oxygens (including phenoxy) is 1. The van der Waals surface area contributed by atoms with Crippen molar-refractivity contribution in [3.63, 3.8) is 0 Å². The molecule has 1 aromatic carbocycles. The lowest BCUT2D eigenvalue weighted by Crippen LogP contribution is -2.33. The van der Waals surface area contributed by atoms with Crippen LogP contribution in [-0.4, -0.2) is 25.5 Å². The molecule has 0 radical (unpaired) electrons. The average molecular weight is 320 g/mol. The quantitative estimate of drug-likeness (QED) is 0.667. The van der Waals surface area contributed by atoms with Gasteiger partial charge in [0.1, 0.15) is 5.75 Å². The second-order valence-electron chi connectivity index (χ2n) is 6.06. The molecule has 1 atom stereocenters. The maximum Gasteiger partial charge on any atom is 0.220 e. The zero-order valence-electron chi connectivity index (χ0n) is 14.1. The Morgan fingerprint density at radius 3 is 2.35 bits per heavy atom. The van der Waals surface area contributed by atoms with E-state index in [9.17, 15) is 14.7 Å². The van der Waals surface area contributed by atoms with Gasteiger partial charge in [-0.05, 0) is 36.5 Å². The maximum absolute atomic E-state index is 11.4. The lowest BCUT2D eigenvalue weighted by Gasteiger charge is -2.18. The molecule has 0 aliphatic rings. The van der Waals surface area contributed by atoms with Gasteiger partial charge in [-0.1, -0.05) is 32.4 Å². The van der Waals surface area contributed by atoms with Gasteiger partial charge in [-0.15, -0.1) is 0 Å². The van der Waals surface area contributed by atoms with Crippen molar-refractivity contribution in [2.24, 2.45) is 5.92 Å². The minimum absolute atomic E-state index is 0.131. The Morgan fingerprint density at radius 1 is 1.17 bits per heavy atom. The van der Waals surface area contributed by atoms with E-state index in [0.717, 1.165) is 12.8 Å². The molecule has 0 saturated heterocycles. The summed E-state index contributed by atoms with van der Waals surface area (Å²) in [7, 11) is 1.48. The predicted molar refractivity (Wildman–Crippen MR) is 87.1 cm³/mol. The van der Waals surface area contributed by atoms with E-state index in [2.05, 4.69) is 19.2 Å². The van der Waals surface area contributed by atoms with E-state index in [0.29, 0.717) is 23.8 Å². The molecule has 1 rings (SSSR count). The molecule has 1 N–H and O–H groups in total. The molecule has 0 saturated carbocycles. The fourth-order valence-electron chi connectivity index (χ4n) is 2.27. The van der Waals surface area contributed by atoms with Crippen LogP contribution >= 0.6 is 0 Å². The fraction of sp³-hybridized carbons (Fsp3) is 0.556. The average Bonchev–Trinajstić information content (AvgIpc) is 2.52. The van der Waals surface area contributed by atoms with Crippen LogP contribution < -0.4 is 15.2 Å².